The number of hydrogen-bond donors (Lipinski definition) is 2. The molecule has 0 aromatic carbocycles. The van der Waals surface area contributed by atoms with Crippen LogP contribution in [0.5, 0.6) is 0 Å². The molecule has 1 unspecified atom stereocenters. The van der Waals surface area contributed by atoms with Gasteiger partial charge >= 0.3 is 0 Å². The zero-order valence-corrected chi connectivity index (χ0v) is 13.4. The lowest BCUT2D eigenvalue weighted by Crippen LogP contribution is -2.24. The van der Waals surface area contributed by atoms with E-state index in [0.29, 0.717) is 6.04 Å². The van der Waals surface area contributed by atoms with E-state index in [2.05, 4.69) is 53.4 Å². The molecule has 0 aliphatic carbocycles. The van der Waals surface area contributed by atoms with Crippen molar-refractivity contribution in [1.82, 2.24) is 19.3 Å². The number of nitrogens with zero attached hydrogens (tertiary/aromatic N) is 4. The van der Waals surface area contributed by atoms with Crippen molar-refractivity contribution < 1.29 is 0 Å². The topological polar surface area (TPSA) is 57.5 Å². The number of fused-ring (bicyclic) bond motifs is 1. The van der Waals surface area contributed by atoms with Gasteiger partial charge in [-0.3, -0.25) is 0 Å². The van der Waals surface area contributed by atoms with E-state index in [4.69, 9.17) is 0 Å². The Balaban J connectivity index is 2.14. The summed E-state index contributed by atoms with van der Waals surface area (Å²) in [4.78, 5) is 11.2. The van der Waals surface area contributed by atoms with E-state index in [1.807, 2.05) is 16.8 Å². The first-order valence-electron chi connectivity index (χ1n) is 7.59. The van der Waals surface area contributed by atoms with Crippen molar-refractivity contribution in [2.45, 2.75) is 32.7 Å². The largest absolute Gasteiger partial charge is 0.369 e. The van der Waals surface area contributed by atoms with Gasteiger partial charge in [0.1, 0.15) is 5.82 Å². The first kappa shape index (κ1) is 15.6. The lowest BCUT2D eigenvalue weighted by molar-refractivity contribution is 0.390. The average Bonchev–Trinajstić information content (AvgIpc) is 2.91. The molecule has 2 heterocycles. The summed E-state index contributed by atoms with van der Waals surface area (Å²) >= 11 is 0. The second-order valence-corrected chi connectivity index (χ2v) is 5.70. The summed E-state index contributed by atoms with van der Waals surface area (Å²) in [5.41, 5.74) is 0.869. The summed E-state index contributed by atoms with van der Waals surface area (Å²) in [5.74, 6) is 1.72. The number of rotatable bonds is 8. The Morgan fingerprint density at radius 1 is 1.38 bits per heavy atom. The molecular weight excluding hydrogens is 264 g/mol. The average molecular weight is 290 g/mol. The molecule has 116 valence electrons. The van der Waals surface area contributed by atoms with Crippen LogP contribution in [0.4, 0.5) is 11.6 Å². The molecule has 2 aromatic heterocycles. The predicted molar refractivity (Wildman–Crippen MR) is 88.0 cm³/mol. The van der Waals surface area contributed by atoms with Crippen molar-refractivity contribution >= 4 is 17.3 Å². The molecule has 0 fully saturated rings. The Hall–Kier alpha value is -1.82. The first-order valence-corrected chi connectivity index (χ1v) is 7.59. The van der Waals surface area contributed by atoms with Crippen LogP contribution in [-0.2, 0) is 0 Å². The SMILES string of the molecule is CCCNc1cn2ccnc2c(NC(C)CCN(C)C)n1. The molecule has 2 aromatic rings. The zero-order valence-electron chi connectivity index (χ0n) is 13.4. The summed E-state index contributed by atoms with van der Waals surface area (Å²) in [6.45, 7) is 6.29. The highest BCUT2D eigenvalue weighted by Gasteiger charge is 2.10. The second kappa shape index (κ2) is 7.26. The van der Waals surface area contributed by atoms with Gasteiger partial charge in [0.05, 0.1) is 6.20 Å². The van der Waals surface area contributed by atoms with Gasteiger partial charge in [0.15, 0.2) is 11.5 Å². The highest BCUT2D eigenvalue weighted by atomic mass is 15.2. The monoisotopic (exact) mass is 290 g/mol. The summed E-state index contributed by atoms with van der Waals surface area (Å²) in [6, 6.07) is 0.349. The first-order chi connectivity index (χ1) is 10.1. The van der Waals surface area contributed by atoms with Gasteiger partial charge in [0.25, 0.3) is 0 Å². The number of hydrogen-bond acceptors (Lipinski definition) is 5. The molecule has 0 radical (unpaired) electrons. The van der Waals surface area contributed by atoms with Gasteiger partial charge in [-0.15, -0.1) is 0 Å². The molecule has 0 saturated heterocycles. The van der Waals surface area contributed by atoms with Crippen LogP contribution in [0.25, 0.3) is 5.65 Å². The van der Waals surface area contributed by atoms with Crippen LogP contribution in [0.1, 0.15) is 26.7 Å². The summed E-state index contributed by atoms with van der Waals surface area (Å²) < 4.78 is 2.01. The Morgan fingerprint density at radius 2 is 2.19 bits per heavy atom. The molecule has 2 N–H and O–H groups in total. The molecule has 0 bridgehead atoms. The van der Waals surface area contributed by atoms with Crippen molar-refractivity contribution in [1.29, 1.82) is 0 Å². The molecular formula is C15H26N6. The third-order valence-electron chi connectivity index (χ3n) is 3.32. The Morgan fingerprint density at radius 3 is 2.90 bits per heavy atom. The van der Waals surface area contributed by atoms with Crippen LogP contribution in [-0.4, -0.2) is 52.5 Å². The Bertz CT molecular complexity index is 562. The number of imidazole rings is 1. The van der Waals surface area contributed by atoms with Crippen molar-refractivity contribution in [3.05, 3.63) is 18.6 Å². The van der Waals surface area contributed by atoms with Gasteiger partial charge in [-0.1, -0.05) is 6.92 Å². The minimum atomic E-state index is 0.349. The lowest BCUT2D eigenvalue weighted by atomic mass is 10.2. The Kier molecular flexibility index (Phi) is 5.38. The molecule has 0 spiro atoms. The molecule has 1 atom stereocenters. The third-order valence-corrected chi connectivity index (χ3v) is 3.32. The van der Waals surface area contributed by atoms with E-state index < -0.39 is 0 Å². The van der Waals surface area contributed by atoms with Crippen LogP contribution in [0.3, 0.4) is 0 Å². The lowest BCUT2D eigenvalue weighted by Gasteiger charge is -2.18. The minimum Gasteiger partial charge on any atom is -0.369 e. The maximum absolute atomic E-state index is 4.66. The summed E-state index contributed by atoms with van der Waals surface area (Å²) in [5, 5.41) is 6.81. The van der Waals surface area contributed by atoms with Gasteiger partial charge in [-0.2, -0.15) is 0 Å². The predicted octanol–water partition coefficient (Wildman–Crippen LogP) is 2.30. The van der Waals surface area contributed by atoms with E-state index in [1.165, 1.54) is 0 Å². The van der Waals surface area contributed by atoms with E-state index in [9.17, 15) is 0 Å². The summed E-state index contributed by atoms with van der Waals surface area (Å²) in [7, 11) is 4.18. The van der Waals surface area contributed by atoms with Crippen LogP contribution in [0.15, 0.2) is 18.6 Å². The quantitative estimate of drug-likeness (QED) is 0.781. The van der Waals surface area contributed by atoms with Crippen molar-refractivity contribution in [3.63, 3.8) is 0 Å². The molecule has 0 aliphatic heterocycles. The van der Waals surface area contributed by atoms with Gasteiger partial charge in [-0.05, 0) is 40.4 Å². The number of aromatic nitrogens is 3. The minimum absolute atomic E-state index is 0.349. The highest BCUT2D eigenvalue weighted by Crippen LogP contribution is 2.17. The molecule has 21 heavy (non-hydrogen) atoms. The van der Waals surface area contributed by atoms with Gasteiger partial charge < -0.3 is 19.9 Å². The van der Waals surface area contributed by atoms with Gasteiger partial charge in [0.2, 0.25) is 0 Å². The second-order valence-electron chi connectivity index (χ2n) is 5.70. The molecule has 6 heteroatoms. The van der Waals surface area contributed by atoms with E-state index in [-0.39, 0.29) is 0 Å². The molecule has 0 amide bonds. The standard InChI is InChI=1S/C15H26N6/c1-5-7-16-13-11-21-10-8-17-15(21)14(19-13)18-12(2)6-9-20(3)4/h8,10-12,16H,5-7,9H2,1-4H3,(H,18,19). The number of anilines is 2. The van der Waals surface area contributed by atoms with Crippen molar-refractivity contribution in [3.8, 4) is 0 Å². The molecule has 6 nitrogen and oxygen atoms in total. The fourth-order valence-electron chi connectivity index (χ4n) is 2.12. The maximum Gasteiger partial charge on any atom is 0.180 e. The molecule has 0 aliphatic rings. The summed E-state index contributed by atoms with van der Waals surface area (Å²) in [6.07, 6.45) is 7.87. The Labute approximate surface area is 126 Å². The van der Waals surface area contributed by atoms with Gasteiger partial charge in [-0.25, -0.2) is 9.97 Å². The fourth-order valence-corrected chi connectivity index (χ4v) is 2.12. The normalized spacial score (nSPS) is 12.8. The van der Waals surface area contributed by atoms with Crippen molar-refractivity contribution in [2.75, 3.05) is 37.8 Å². The van der Waals surface area contributed by atoms with Gasteiger partial charge in [0, 0.05) is 25.0 Å². The van der Waals surface area contributed by atoms with Crippen LogP contribution in [0.2, 0.25) is 0 Å². The molecule has 0 saturated carbocycles. The maximum atomic E-state index is 4.66. The smallest absolute Gasteiger partial charge is 0.180 e. The third kappa shape index (κ3) is 4.32. The van der Waals surface area contributed by atoms with Crippen LogP contribution >= 0.6 is 0 Å². The fraction of sp³-hybridized carbons (Fsp3) is 0.600. The van der Waals surface area contributed by atoms with Crippen LogP contribution < -0.4 is 10.6 Å². The van der Waals surface area contributed by atoms with E-state index in [1.54, 1.807) is 6.20 Å². The van der Waals surface area contributed by atoms with Crippen molar-refractivity contribution in [2.24, 2.45) is 0 Å². The molecule has 2 rings (SSSR count). The van der Waals surface area contributed by atoms with Crippen LogP contribution in [0, 0.1) is 0 Å². The highest BCUT2D eigenvalue weighted by molar-refractivity contribution is 5.65. The van der Waals surface area contributed by atoms with E-state index in [0.717, 1.165) is 43.2 Å². The number of nitrogens with one attached hydrogen (secondary N) is 2. The van der Waals surface area contributed by atoms with E-state index >= 15 is 0 Å². The zero-order chi connectivity index (χ0) is 15.2.